The minimum atomic E-state index is 0.181. The van der Waals surface area contributed by atoms with Crippen LogP contribution in [0.25, 0.3) is 38.8 Å². The van der Waals surface area contributed by atoms with Gasteiger partial charge in [-0.2, -0.15) is 0 Å². The lowest BCUT2D eigenvalue weighted by atomic mass is 9.89. The number of hydrogen-bond acceptors (Lipinski definition) is 1. The maximum atomic E-state index is 11.0. The van der Waals surface area contributed by atoms with E-state index in [0.29, 0.717) is 5.75 Å². The van der Waals surface area contributed by atoms with Crippen molar-refractivity contribution in [1.29, 1.82) is 0 Å². The Morgan fingerprint density at radius 3 is 2.50 bits per heavy atom. The van der Waals surface area contributed by atoms with Crippen LogP contribution < -0.4 is 10.4 Å². The Morgan fingerprint density at radius 2 is 1.53 bits per heavy atom. The molecular formula is C29H20O. The summed E-state index contributed by atoms with van der Waals surface area (Å²) in [6, 6.07) is 25.1. The molecule has 1 N–H and O–H groups in total. The molecule has 1 heteroatoms. The van der Waals surface area contributed by atoms with Crippen LogP contribution in [0.5, 0.6) is 5.75 Å². The molecule has 0 bridgehead atoms. The molecule has 1 unspecified atom stereocenters. The van der Waals surface area contributed by atoms with E-state index in [1.165, 1.54) is 26.8 Å². The maximum absolute atomic E-state index is 11.0. The average Bonchev–Trinajstić information content (AvgIpc) is 2.95. The van der Waals surface area contributed by atoms with Crippen molar-refractivity contribution in [3.63, 3.8) is 0 Å². The normalized spacial score (nSPS) is 17.3. The molecule has 0 amide bonds. The summed E-state index contributed by atoms with van der Waals surface area (Å²) in [5, 5.41) is 18.1. The fourth-order valence-electron chi connectivity index (χ4n) is 4.80. The Morgan fingerprint density at radius 1 is 0.700 bits per heavy atom. The quantitative estimate of drug-likeness (QED) is 0.432. The van der Waals surface area contributed by atoms with Crippen molar-refractivity contribution >= 4 is 38.8 Å². The second-order valence-electron chi connectivity index (χ2n) is 7.92. The van der Waals surface area contributed by atoms with Gasteiger partial charge in [0.2, 0.25) is 0 Å². The first-order chi connectivity index (χ1) is 14.8. The molecule has 0 aliphatic heterocycles. The van der Waals surface area contributed by atoms with Gasteiger partial charge in [-0.1, -0.05) is 97.1 Å². The Hall–Kier alpha value is -3.84. The number of aromatic hydroxyl groups is 1. The molecule has 0 spiro atoms. The molecule has 142 valence electrons. The minimum absolute atomic E-state index is 0.181. The Kier molecular flexibility index (Phi) is 3.75. The van der Waals surface area contributed by atoms with E-state index in [1.807, 2.05) is 12.1 Å². The lowest BCUT2D eigenvalue weighted by Crippen LogP contribution is -2.27. The molecule has 1 atom stereocenters. The summed E-state index contributed by atoms with van der Waals surface area (Å²) in [5.41, 5.74) is 3.25. The van der Waals surface area contributed by atoms with Gasteiger partial charge in [0.1, 0.15) is 5.75 Å². The highest BCUT2D eigenvalue weighted by atomic mass is 16.3. The fourth-order valence-corrected chi connectivity index (χ4v) is 4.80. The van der Waals surface area contributed by atoms with Crippen molar-refractivity contribution in [1.82, 2.24) is 0 Å². The van der Waals surface area contributed by atoms with Crippen LogP contribution in [0.3, 0.4) is 0 Å². The number of benzene rings is 4. The summed E-state index contributed by atoms with van der Waals surface area (Å²) < 4.78 is 0. The summed E-state index contributed by atoms with van der Waals surface area (Å²) in [6.45, 7) is 0. The summed E-state index contributed by atoms with van der Waals surface area (Å²) >= 11 is 0. The number of rotatable bonds is 1. The minimum Gasteiger partial charge on any atom is -0.507 e. The third-order valence-electron chi connectivity index (χ3n) is 6.20. The van der Waals surface area contributed by atoms with E-state index in [4.69, 9.17) is 0 Å². The van der Waals surface area contributed by atoms with Gasteiger partial charge >= 0.3 is 0 Å². The van der Waals surface area contributed by atoms with Crippen LogP contribution in [0.4, 0.5) is 0 Å². The van der Waals surface area contributed by atoms with Gasteiger partial charge in [-0.05, 0) is 55.3 Å². The van der Waals surface area contributed by atoms with Crippen LogP contribution in [0.1, 0.15) is 5.56 Å². The Bertz CT molecular complexity index is 1550. The van der Waals surface area contributed by atoms with Crippen molar-refractivity contribution in [3.05, 3.63) is 119 Å². The van der Waals surface area contributed by atoms with Crippen LogP contribution in [0.15, 0.2) is 103 Å². The fraction of sp³-hybridized carbons (Fsp3) is 0.0345. The molecular weight excluding hydrogens is 364 g/mol. The van der Waals surface area contributed by atoms with E-state index in [1.54, 1.807) is 0 Å². The molecule has 30 heavy (non-hydrogen) atoms. The first kappa shape index (κ1) is 17.1. The molecule has 0 heterocycles. The lowest BCUT2D eigenvalue weighted by molar-refractivity contribution is 0.474. The highest BCUT2D eigenvalue weighted by molar-refractivity contribution is 6.13. The van der Waals surface area contributed by atoms with E-state index >= 15 is 0 Å². The molecule has 0 aromatic heterocycles. The van der Waals surface area contributed by atoms with Gasteiger partial charge < -0.3 is 5.11 Å². The summed E-state index contributed by atoms with van der Waals surface area (Å²) in [5.74, 6) is 0.497. The molecule has 0 radical (unpaired) electrons. The number of phenolic OH excluding ortho intramolecular Hbond substituents is 1. The predicted octanol–water partition coefficient (Wildman–Crippen LogP) is 5.47. The standard InChI is InChI=1S/C29H20O/c30-28-16-15-26-23-10-4-1-7-19(23)13-14-27(26)29(28)22-17-20-8-2-5-11-24(20)25-12-6-3-9-21(25)18-22/h1-18,20,30H. The van der Waals surface area contributed by atoms with E-state index < -0.39 is 0 Å². The van der Waals surface area contributed by atoms with Gasteiger partial charge in [-0.25, -0.2) is 0 Å². The highest BCUT2D eigenvalue weighted by Gasteiger charge is 2.18. The third kappa shape index (κ3) is 2.56. The number of hydrogen-bond donors (Lipinski definition) is 1. The smallest absolute Gasteiger partial charge is 0.124 e. The van der Waals surface area contributed by atoms with Crippen LogP contribution >= 0.6 is 0 Å². The molecule has 1 nitrogen and oxygen atoms in total. The summed E-state index contributed by atoms with van der Waals surface area (Å²) in [4.78, 5) is 0. The van der Waals surface area contributed by atoms with Crippen molar-refractivity contribution < 1.29 is 5.11 Å². The number of phenols is 1. The van der Waals surface area contributed by atoms with Crippen LogP contribution in [0, 0.1) is 5.92 Å². The Balaban J connectivity index is 1.70. The SMILES string of the molecule is Oc1ccc2c(ccc3ccccc32)c1C1=CC2C=CC=CC2=c2ccccc2=C1. The van der Waals surface area contributed by atoms with Crippen LogP contribution in [-0.2, 0) is 0 Å². The molecule has 0 fully saturated rings. The van der Waals surface area contributed by atoms with E-state index in [-0.39, 0.29) is 5.92 Å². The van der Waals surface area contributed by atoms with Gasteiger partial charge in [0.25, 0.3) is 0 Å². The largest absolute Gasteiger partial charge is 0.507 e. The van der Waals surface area contributed by atoms with Gasteiger partial charge in [0, 0.05) is 11.5 Å². The highest BCUT2D eigenvalue weighted by Crippen LogP contribution is 2.38. The lowest BCUT2D eigenvalue weighted by Gasteiger charge is -2.16. The zero-order valence-electron chi connectivity index (χ0n) is 16.4. The predicted molar refractivity (Wildman–Crippen MR) is 126 cm³/mol. The number of fused-ring (bicyclic) bond motifs is 5. The van der Waals surface area contributed by atoms with Gasteiger partial charge in [-0.15, -0.1) is 0 Å². The van der Waals surface area contributed by atoms with Gasteiger partial charge in [-0.3, -0.25) is 0 Å². The van der Waals surface area contributed by atoms with E-state index in [2.05, 4.69) is 97.1 Å². The molecule has 2 aliphatic carbocycles. The topological polar surface area (TPSA) is 20.2 Å². The molecule has 0 saturated carbocycles. The van der Waals surface area contributed by atoms with Gasteiger partial charge in [0.15, 0.2) is 0 Å². The van der Waals surface area contributed by atoms with E-state index in [0.717, 1.165) is 21.9 Å². The maximum Gasteiger partial charge on any atom is 0.124 e. The average molecular weight is 384 g/mol. The monoisotopic (exact) mass is 384 g/mol. The molecule has 4 aromatic carbocycles. The first-order valence-corrected chi connectivity index (χ1v) is 10.3. The molecule has 0 saturated heterocycles. The molecule has 6 rings (SSSR count). The van der Waals surface area contributed by atoms with Crippen molar-refractivity contribution in [2.24, 2.45) is 5.92 Å². The van der Waals surface area contributed by atoms with Crippen molar-refractivity contribution in [2.75, 3.05) is 0 Å². The number of allylic oxidation sites excluding steroid dienone is 6. The Labute approximate surface area is 174 Å². The zero-order valence-corrected chi connectivity index (χ0v) is 16.4. The third-order valence-corrected chi connectivity index (χ3v) is 6.20. The second kappa shape index (κ2) is 6.60. The summed E-state index contributed by atoms with van der Waals surface area (Å²) in [6.07, 6.45) is 13.1. The molecule has 2 aliphatic rings. The zero-order chi connectivity index (χ0) is 20.1. The van der Waals surface area contributed by atoms with Crippen molar-refractivity contribution in [2.45, 2.75) is 0 Å². The van der Waals surface area contributed by atoms with Crippen LogP contribution in [-0.4, -0.2) is 5.11 Å². The van der Waals surface area contributed by atoms with Crippen LogP contribution in [0.2, 0.25) is 0 Å². The van der Waals surface area contributed by atoms with Crippen molar-refractivity contribution in [3.8, 4) is 5.75 Å². The van der Waals surface area contributed by atoms with E-state index in [9.17, 15) is 5.11 Å². The van der Waals surface area contributed by atoms with Gasteiger partial charge in [0.05, 0.1) is 0 Å². The molecule has 4 aromatic rings. The first-order valence-electron chi connectivity index (χ1n) is 10.3. The summed E-state index contributed by atoms with van der Waals surface area (Å²) in [7, 11) is 0. The second-order valence-corrected chi connectivity index (χ2v) is 7.92.